The third kappa shape index (κ3) is 5.26. The standard InChI is InChI=1S/C25H27ClN2O3S2/c1-25(2,3)16-9-14-20-21(15-16)32-24(28-33(30,31)19-7-5-4-6-8-19)22(20)23(29)27-18-12-10-17(26)11-13-18/h4-8,10-13,16,28H,9,14-15H2,1-3H3,(H,27,29)/t16-/m0/s1. The molecule has 2 aromatic carbocycles. The molecule has 2 N–H and O–H groups in total. The first-order chi connectivity index (χ1) is 15.5. The summed E-state index contributed by atoms with van der Waals surface area (Å²) >= 11 is 7.33. The molecule has 0 saturated heterocycles. The zero-order chi connectivity index (χ0) is 23.8. The van der Waals surface area contributed by atoms with Crippen LogP contribution in [0.15, 0.2) is 59.5 Å². The molecule has 1 heterocycles. The fraction of sp³-hybridized carbons (Fsp3) is 0.320. The molecule has 5 nitrogen and oxygen atoms in total. The van der Waals surface area contributed by atoms with Gasteiger partial charge in [-0.05, 0) is 72.6 Å². The highest BCUT2D eigenvalue weighted by atomic mass is 35.5. The van der Waals surface area contributed by atoms with E-state index in [1.807, 2.05) is 0 Å². The largest absolute Gasteiger partial charge is 0.322 e. The Morgan fingerprint density at radius 1 is 1.06 bits per heavy atom. The zero-order valence-corrected chi connectivity index (χ0v) is 21.2. The summed E-state index contributed by atoms with van der Waals surface area (Å²) in [6.45, 7) is 6.68. The van der Waals surface area contributed by atoms with Gasteiger partial charge in [0.05, 0.1) is 10.5 Å². The Balaban J connectivity index is 1.72. The first-order valence-electron chi connectivity index (χ1n) is 10.8. The van der Waals surface area contributed by atoms with Crippen LogP contribution in [0.25, 0.3) is 0 Å². The number of hydrogen-bond donors (Lipinski definition) is 2. The number of anilines is 2. The number of benzene rings is 2. The maximum absolute atomic E-state index is 13.4. The van der Waals surface area contributed by atoms with Gasteiger partial charge in [0.2, 0.25) is 0 Å². The topological polar surface area (TPSA) is 75.3 Å². The van der Waals surface area contributed by atoms with Crippen LogP contribution < -0.4 is 10.0 Å². The molecule has 3 aromatic rings. The third-order valence-electron chi connectivity index (χ3n) is 6.10. The van der Waals surface area contributed by atoms with Gasteiger partial charge < -0.3 is 5.32 Å². The number of nitrogens with one attached hydrogen (secondary N) is 2. The van der Waals surface area contributed by atoms with Crippen LogP contribution in [-0.4, -0.2) is 14.3 Å². The molecule has 174 valence electrons. The fourth-order valence-corrected chi connectivity index (χ4v) is 6.92. The molecule has 0 bridgehead atoms. The maximum Gasteiger partial charge on any atom is 0.262 e. The Morgan fingerprint density at radius 3 is 2.36 bits per heavy atom. The molecular formula is C25H27ClN2O3S2. The van der Waals surface area contributed by atoms with Gasteiger partial charge in [-0.1, -0.05) is 50.6 Å². The molecule has 8 heteroatoms. The number of amides is 1. The van der Waals surface area contributed by atoms with Gasteiger partial charge >= 0.3 is 0 Å². The summed E-state index contributed by atoms with van der Waals surface area (Å²) in [6.07, 6.45) is 2.53. The summed E-state index contributed by atoms with van der Waals surface area (Å²) in [4.78, 5) is 14.6. The van der Waals surface area contributed by atoms with Crippen molar-refractivity contribution in [3.63, 3.8) is 0 Å². The molecule has 0 saturated carbocycles. The molecule has 0 radical (unpaired) electrons. The summed E-state index contributed by atoms with van der Waals surface area (Å²) in [5.74, 6) is 0.143. The number of sulfonamides is 1. The molecule has 4 rings (SSSR count). The number of carbonyl (C=O) groups is 1. The Hall–Kier alpha value is -2.35. The van der Waals surface area contributed by atoms with Gasteiger partial charge in [-0.2, -0.15) is 0 Å². The van der Waals surface area contributed by atoms with Crippen LogP contribution in [0.1, 0.15) is 48.0 Å². The first kappa shape index (κ1) is 23.8. The monoisotopic (exact) mass is 502 g/mol. The van der Waals surface area contributed by atoms with Crippen LogP contribution in [-0.2, 0) is 22.9 Å². The van der Waals surface area contributed by atoms with Crippen LogP contribution >= 0.6 is 22.9 Å². The summed E-state index contributed by atoms with van der Waals surface area (Å²) in [5.41, 5.74) is 2.09. The van der Waals surface area contributed by atoms with Crippen molar-refractivity contribution in [2.75, 3.05) is 10.0 Å². The van der Waals surface area contributed by atoms with E-state index < -0.39 is 10.0 Å². The Bertz CT molecular complexity index is 1260. The number of rotatable bonds is 5. The van der Waals surface area contributed by atoms with Gasteiger partial charge in [0.25, 0.3) is 15.9 Å². The fourth-order valence-electron chi connectivity index (χ4n) is 4.14. The highest BCUT2D eigenvalue weighted by Gasteiger charge is 2.34. The quantitative estimate of drug-likeness (QED) is 0.412. The van der Waals surface area contributed by atoms with E-state index in [9.17, 15) is 13.2 Å². The molecule has 33 heavy (non-hydrogen) atoms. The minimum absolute atomic E-state index is 0.136. The van der Waals surface area contributed by atoms with Crippen molar-refractivity contribution in [1.29, 1.82) is 0 Å². The molecular weight excluding hydrogens is 476 g/mol. The number of halogens is 1. The minimum atomic E-state index is -3.83. The second kappa shape index (κ2) is 9.12. The summed E-state index contributed by atoms with van der Waals surface area (Å²) in [6, 6.07) is 15.1. The Kier molecular flexibility index (Phi) is 6.58. The van der Waals surface area contributed by atoms with Crippen molar-refractivity contribution in [2.45, 2.75) is 44.9 Å². The van der Waals surface area contributed by atoms with Gasteiger partial charge in [0.15, 0.2) is 0 Å². The summed E-state index contributed by atoms with van der Waals surface area (Å²) in [7, 11) is -3.83. The average Bonchev–Trinajstić information content (AvgIpc) is 3.11. The normalized spacial score (nSPS) is 16.2. The Morgan fingerprint density at radius 2 is 1.73 bits per heavy atom. The van der Waals surface area contributed by atoms with Crippen molar-refractivity contribution >= 4 is 49.6 Å². The predicted octanol–water partition coefficient (Wildman–Crippen LogP) is 6.61. The van der Waals surface area contributed by atoms with E-state index in [-0.39, 0.29) is 16.2 Å². The van der Waals surface area contributed by atoms with Crippen molar-refractivity contribution in [1.82, 2.24) is 0 Å². The van der Waals surface area contributed by atoms with Crippen LogP contribution in [0.3, 0.4) is 0 Å². The molecule has 1 aliphatic rings. The first-order valence-corrected chi connectivity index (χ1v) is 13.5. The van der Waals surface area contributed by atoms with E-state index in [0.717, 1.165) is 29.7 Å². The van der Waals surface area contributed by atoms with Gasteiger partial charge in [-0.25, -0.2) is 8.42 Å². The van der Waals surface area contributed by atoms with E-state index in [4.69, 9.17) is 11.6 Å². The summed E-state index contributed by atoms with van der Waals surface area (Å²) in [5, 5.41) is 3.84. The van der Waals surface area contributed by atoms with Crippen LogP contribution in [0, 0.1) is 11.3 Å². The molecule has 0 fully saturated rings. The van der Waals surface area contributed by atoms with E-state index in [0.29, 0.717) is 27.2 Å². The highest BCUT2D eigenvalue weighted by molar-refractivity contribution is 7.93. The lowest BCUT2D eigenvalue weighted by atomic mass is 9.72. The van der Waals surface area contributed by atoms with Crippen molar-refractivity contribution < 1.29 is 13.2 Å². The number of fused-ring (bicyclic) bond motifs is 1. The summed E-state index contributed by atoms with van der Waals surface area (Å²) < 4.78 is 28.8. The molecule has 1 aromatic heterocycles. The Labute approximate surface area is 204 Å². The minimum Gasteiger partial charge on any atom is -0.322 e. The van der Waals surface area contributed by atoms with E-state index in [1.54, 1.807) is 54.6 Å². The van der Waals surface area contributed by atoms with Gasteiger partial charge in [0, 0.05) is 15.6 Å². The number of carbonyl (C=O) groups excluding carboxylic acids is 1. The van der Waals surface area contributed by atoms with Crippen LogP contribution in [0.2, 0.25) is 5.02 Å². The molecule has 0 aliphatic heterocycles. The molecule has 0 spiro atoms. The molecule has 0 unspecified atom stereocenters. The number of hydrogen-bond acceptors (Lipinski definition) is 4. The SMILES string of the molecule is CC(C)(C)[C@H]1CCc2c(sc(NS(=O)(=O)c3ccccc3)c2C(=O)Nc2ccc(Cl)cc2)C1. The smallest absolute Gasteiger partial charge is 0.262 e. The van der Waals surface area contributed by atoms with Gasteiger partial charge in [-0.15, -0.1) is 11.3 Å². The van der Waals surface area contributed by atoms with Gasteiger partial charge in [0.1, 0.15) is 5.00 Å². The molecule has 1 aliphatic carbocycles. The lowest BCUT2D eigenvalue weighted by molar-refractivity contribution is 0.102. The second-order valence-electron chi connectivity index (χ2n) is 9.39. The average molecular weight is 503 g/mol. The maximum atomic E-state index is 13.4. The zero-order valence-electron chi connectivity index (χ0n) is 18.8. The third-order valence-corrected chi connectivity index (χ3v) is 9.02. The van der Waals surface area contributed by atoms with E-state index >= 15 is 0 Å². The van der Waals surface area contributed by atoms with E-state index in [1.165, 1.54) is 11.3 Å². The lowest BCUT2D eigenvalue weighted by Crippen LogP contribution is -2.27. The van der Waals surface area contributed by atoms with Crippen molar-refractivity contribution in [2.24, 2.45) is 11.3 Å². The highest BCUT2D eigenvalue weighted by Crippen LogP contribution is 2.45. The van der Waals surface area contributed by atoms with Crippen LogP contribution in [0.5, 0.6) is 0 Å². The second-order valence-corrected chi connectivity index (χ2v) is 12.6. The van der Waals surface area contributed by atoms with Crippen molar-refractivity contribution in [3.05, 3.63) is 75.6 Å². The molecule has 1 atom stereocenters. The number of thiophene rings is 1. The van der Waals surface area contributed by atoms with Gasteiger partial charge in [-0.3, -0.25) is 9.52 Å². The predicted molar refractivity (Wildman–Crippen MR) is 136 cm³/mol. The van der Waals surface area contributed by atoms with Crippen molar-refractivity contribution in [3.8, 4) is 0 Å². The van der Waals surface area contributed by atoms with E-state index in [2.05, 4.69) is 30.8 Å². The molecule has 1 amide bonds. The lowest BCUT2D eigenvalue weighted by Gasteiger charge is -2.33. The van der Waals surface area contributed by atoms with Crippen LogP contribution in [0.4, 0.5) is 10.7 Å².